The third kappa shape index (κ3) is 6.94. The first kappa shape index (κ1) is 17.6. The van der Waals surface area contributed by atoms with Crippen LogP contribution in [0.1, 0.15) is 0 Å². The Bertz CT molecular complexity index is 461. The van der Waals surface area contributed by atoms with Crippen LogP contribution in [0.3, 0.4) is 0 Å². The number of benzene rings is 1. The largest absolute Gasteiger partial charge is 0.412 e. The minimum absolute atomic E-state index is 0. The van der Waals surface area contributed by atoms with Crippen molar-refractivity contribution in [2.24, 2.45) is 0 Å². The molecule has 1 aromatic carbocycles. The highest BCUT2D eigenvalue weighted by Crippen LogP contribution is 2.15. The summed E-state index contributed by atoms with van der Waals surface area (Å²) in [5.74, 6) is 0. The number of hydrogen-bond acceptors (Lipinski definition) is 6. The van der Waals surface area contributed by atoms with Crippen LogP contribution in [0.5, 0.6) is 0 Å². The summed E-state index contributed by atoms with van der Waals surface area (Å²) in [5.41, 5.74) is 6.94. The number of nitrogen functional groups attached to an aromatic ring is 1. The van der Waals surface area contributed by atoms with Crippen molar-refractivity contribution in [2.75, 3.05) is 36.9 Å². The van der Waals surface area contributed by atoms with Crippen LogP contribution in [0.25, 0.3) is 0 Å². The van der Waals surface area contributed by atoms with Crippen molar-refractivity contribution in [3.05, 3.63) is 24.3 Å². The molecule has 1 aromatic rings. The number of nitrogens with two attached hydrogens (primary N) is 1. The summed E-state index contributed by atoms with van der Waals surface area (Å²) in [5, 5.41) is 8.94. The third-order valence-electron chi connectivity index (χ3n) is 2.22. The Kier molecular flexibility index (Phi) is 7.34. The lowest BCUT2D eigenvalue weighted by molar-refractivity contribution is 0.266. The first-order chi connectivity index (χ1) is 8.42. The Morgan fingerprint density at radius 1 is 1.21 bits per heavy atom. The summed E-state index contributed by atoms with van der Waals surface area (Å²) in [6.45, 7) is 0.239. The van der Waals surface area contributed by atoms with E-state index < -0.39 is 10.4 Å². The van der Waals surface area contributed by atoms with Crippen LogP contribution >= 0.6 is 0 Å². The molecule has 8 nitrogen and oxygen atoms in total. The van der Waals surface area contributed by atoms with Gasteiger partial charge in [0.15, 0.2) is 0 Å². The summed E-state index contributed by atoms with van der Waals surface area (Å²) >= 11 is 0. The average Bonchev–Trinajstić information content (AvgIpc) is 2.27. The summed E-state index contributed by atoms with van der Waals surface area (Å²) in [6, 6.07) is 6.89. The van der Waals surface area contributed by atoms with E-state index in [4.69, 9.17) is 15.4 Å². The van der Waals surface area contributed by atoms with Crippen LogP contribution in [-0.2, 0) is 14.6 Å². The van der Waals surface area contributed by atoms with Crippen molar-refractivity contribution >= 4 is 21.8 Å². The van der Waals surface area contributed by atoms with E-state index in [0.717, 1.165) is 5.69 Å². The van der Waals surface area contributed by atoms with Crippen LogP contribution in [0.2, 0.25) is 0 Å². The van der Waals surface area contributed by atoms with E-state index in [0.29, 0.717) is 12.2 Å². The fraction of sp³-hybridized carbons (Fsp3) is 0.400. The molecule has 0 aliphatic heterocycles. The molecule has 0 bridgehead atoms. The van der Waals surface area contributed by atoms with Crippen molar-refractivity contribution in [2.45, 2.75) is 0 Å². The van der Waals surface area contributed by atoms with E-state index >= 15 is 0 Å². The Morgan fingerprint density at radius 3 is 2.26 bits per heavy atom. The van der Waals surface area contributed by atoms with Crippen LogP contribution in [0.4, 0.5) is 11.4 Å². The second-order valence-electron chi connectivity index (χ2n) is 3.55. The number of aliphatic hydroxyl groups is 1. The number of rotatable bonds is 7. The summed E-state index contributed by atoms with van der Waals surface area (Å²) < 4.78 is 33.5. The Hall–Kier alpha value is -1.39. The van der Waals surface area contributed by atoms with E-state index in [1.165, 1.54) is 0 Å². The lowest BCUT2D eigenvalue weighted by Gasteiger charge is -2.23. The molecule has 110 valence electrons. The van der Waals surface area contributed by atoms with Crippen LogP contribution in [0.15, 0.2) is 24.3 Å². The normalized spacial score (nSPS) is 10.8. The maximum absolute atomic E-state index is 10.4. The van der Waals surface area contributed by atoms with E-state index in [2.05, 4.69) is 4.18 Å². The maximum atomic E-state index is 10.4. The molecule has 6 N–H and O–H groups in total. The Morgan fingerprint density at radius 2 is 1.79 bits per heavy atom. The quantitative estimate of drug-likeness (QED) is 0.434. The number of hydrogen-bond donors (Lipinski definition) is 3. The van der Waals surface area contributed by atoms with Crippen molar-refractivity contribution in [1.82, 2.24) is 0 Å². The van der Waals surface area contributed by atoms with Gasteiger partial charge in [-0.15, -0.1) is 0 Å². The summed E-state index contributed by atoms with van der Waals surface area (Å²) in [7, 11) is -4.43. The summed E-state index contributed by atoms with van der Waals surface area (Å²) in [6.07, 6.45) is 0. The molecule has 9 heteroatoms. The van der Waals surface area contributed by atoms with Crippen LogP contribution in [-0.4, -0.2) is 49.9 Å². The van der Waals surface area contributed by atoms with Crippen molar-refractivity contribution in [3.63, 3.8) is 0 Å². The molecule has 0 atom stereocenters. The van der Waals surface area contributed by atoms with E-state index in [9.17, 15) is 8.42 Å². The van der Waals surface area contributed by atoms with Gasteiger partial charge in [0.05, 0.1) is 13.2 Å². The topological polar surface area (TPSA) is 145 Å². The predicted molar refractivity (Wildman–Crippen MR) is 71.3 cm³/mol. The third-order valence-corrected chi connectivity index (χ3v) is 2.69. The van der Waals surface area contributed by atoms with E-state index in [-0.39, 0.29) is 25.2 Å². The highest BCUT2D eigenvalue weighted by Gasteiger charge is 2.09. The van der Waals surface area contributed by atoms with Crippen LogP contribution < -0.4 is 10.6 Å². The van der Waals surface area contributed by atoms with Gasteiger partial charge >= 0.3 is 10.4 Å². The zero-order chi connectivity index (χ0) is 13.6. The molecular formula is C10H18N2O6S. The van der Waals surface area contributed by atoms with Gasteiger partial charge < -0.3 is 21.2 Å². The van der Waals surface area contributed by atoms with Gasteiger partial charge in [-0.3, -0.25) is 4.55 Å². The molecule has 0 saturated carbocycles. The molecule has 0 aliphatic rings. The van der Waals surface area contributed by atoms with Gasteiger partial charge in [-0.1, -0.05) is 0 Å². The zero-order valence-electron chi connectivity index (χ0n) is 10.2. The van der Waals surface area contributed by atoms with Gasteiger partial charge in [0.1, 0.15) is 0 Å². The smallest absolute Gasteiger partial charge is 0.397 e. The van der Waals surface area contributed by atoms with Gasteiger partial charge in [0.2, 0.25) is 0 Å². The molecule has 19 heavy (non-hydrogen) atoms. The predicted octanol–water partition coefficient (Wildman–Crippen LogP) is -0.938. The lowest BCUT2D eigenvalue weighted by atomic mass is 10.2. The highest BCUT2D eigenvalue weighted by atomic mass is 32.3. The molecule has 0 radical (unpaired) electrons. The summed E-state index contributed by atoms with van der Waals surface area (Å²) in [4.78, 5) is 1.71. The fourth-order valence-corrected chi connectivity index (χ4v) is 1.71. The van der Waals surface area contributed by atoms with E-state index in [1.54, 1.807) is 29.2 Å². The Labute approximate surface area is 111 Å². The van der Waals surface area contributed by atoms with Gasteiger partial charge in [-0.05, 0) is 24.3 Å². The highest BCUT2D eigenvalue weighted by molar-refractivity contribution is 7.80. The molecule has 0 unspecified atom stereocenters. The Balaban J connectivity index is 0.00000324. The molecule has 0 heterocycles. The average molecular weight is 294 g/mol. The second-order valence-corrected chi connectivity index (χ2v) is 4.64. The zero-order valence-corrected chi connectivity index (χ0v) is 11.0. The maximum Gasteiger partial charge on any atom is 0.397 e. The standard InChI is InChI=1S/C10H16N2O5S.H2O/c11-9-1-3-10(4-2-9)12(5-7-13)6-8-17-18(14,15)16;/h1-4,13H,5-8,11H2,(H,14,15,16);1H2. The molecule has 0 saturated heterocycles. The fourth-order valence-electron chi connectivity index (χ4n) is 1.43. The lowest BCUT2D eigenvalue weighted by Crippen LogP contribution is -2.30. The first-order valence-electron chi connectivity index (χ1n) is 5.25. The molecule has 1 rings (SSSR count). The van der Waals surface area contributed by atoms with Crippen molar-refractivity contribution in [3.8, 4) is 0 Å². The number of nitrogens with zero attached hydrogens (tertiary/aromatic N) is 1. The van der Waals surface area contributed by atoms with Gasteiger partial charge in [0, 0.05) is 24.5 Å². The molecule has 0 fully saturated rings. The number of anilines is 2. The van der Waals surface area contributed by atoms with Crippen molar-refractivity contribution in [1.29, 1.82) is 0 Å². The van der Waals surface area contributed by atoms with Gasteiger partial charge in [-0.25, -0.2) is 4.18 Å². The molecule has 0 spiro atoms. The van der Waals surface area contributed by atoms with Gasteiger partial charge in [0.25, 0.3) is 0 Å². The van der Waals surface area contributed by atoms with E-state index in [1.807, 2.05) is 0 Å². The minimum atomic E-state index is -4.43. The molecule has 0 aromatic heterocycles. The minimum Gasteiger partial charge on any atom is -0.412 e. The molecule has 0 amide bonds. The monoisotopic (exact) mass is 294 g/mol. The van der Waals surface area contributed by atoms with Crippen molar-refractivity contribution < 1.29 is 27.7 Å². The SMILES string of the molecule is Nc1ccc(N(CCO)CCOS(=O)(=O)O)cc1.O. The first-order valence-corrected chi connectivity index (χ1v) is 6.62. The molecule has 0 aliphatic carbocycles. The number of aliphatic hydroxyl groups excluding tert-OH is 1. The van der Waals surface area contributed by atoms with Crippen LogP contribution in [0, 0.1) is 0 Å². The second kappa shape index (κ2) is 7.92. The molecular weight excluding hydrogens is 276 g/mol. The van der Waals surface area contributed by atoms with Gasteiger partial charge in [-0.2, -0.15) is 8.42 Å².